The molecule has 0 aromatic carbocycles. The van der Waals surface area contributed by atoms with Gasteiger partial charge in [0.1, 0.15) is 0 Å². The zero-order valence-corrected chi connectivity index (χ0v) is 10.5. The van der Waals surface area contributed by atoms with E-state index in [1.807, 2.05) is 0 Å². The van der Waals surface area contributed by atoms with Crippen molar-refractivity contribution in [2.45, 2.75) is 25.2 Å². The summed E-state index contributed by atoms with van der Waals surface area (Å²) in [6, 6.07) is 0. The number of hydrogen-bond donors (Lipinski definition) is 2. The second-order valence-corrected chi connectivity index (χ2v) is 4.50. The Hall–Kier alpha value is -0.440. The molecule has 108 valence electrons. The maximum absolute atomic E-state index is 13.7. The van der Waals surface area contributed by atoms with Crippen LogP contribution in [-0.2, 0) is 0 Å². The third-order valence-electron chi connectivity index (χ3n) is 2.87. The predicted molar refractivity (Wildman–Crippen MR) is 60.8 cm³/mol. The number of alkyl halides is 4. The first kappa shape index (κ1) is 15.6. The molecule has 0 aliphatic carbocycles. The largest absolute Gasteiger partial charge is 0.282 e. The van der Waals surface area contributed by atoms with E-state index < -0.39 is 25.2 Å². The average molecular weight is 272 g/mol. The van der Waals surface area contributed by atoms with E-state index >= 15 is 0 Å². The Morgan fingerprint density at radius 2 is 1.33 bits per heavy atom. The standard InChI is InChI=1S/C10H20F4N4/c1-17-5-8(12)15-3-7(11)16-4-9(13)18(2)6-10(17)14/h7-10,15-16H,3-6H2,1-2H3. The number of halogens is 4. The van der Waals surface area contributed by atoms with Gasteiger partial charge in [0.2, 0.25) is 0 Å². The summed E-state index contributed by atoms with van der Waals surface area (Å²) in [6.45, 7) is -0.989. The molecule has 0 aromatic rings. The number of likely N-dealkylation sites (N-methyl/N-ethyl adjacent to an activating group) is 2. The molecule has 4 unspecified atom stereocenters. The highest BCUT2D eigenvalue weighted by atomic mass is 19.2. The smallest absolute Gasteiger partial charge is 0.166 e. The van der Waals surface area contributed by atoms with Crippen molar-refractivity contribution in [1.29, 1.82) is 0 Å². The molecule has 1 rings (SSSR count). The first-order chi connectivity index (χ1) is 8.40. The van der Waals surface area contributed by atoms with Crippen LogP contribution < -0.4 is 10.6 Å². The van der Waals surface area contributed by atoms with Crippen molar-refractivity contribution >= 4 is 0 Å². The summed E-state index contributed by atoms with van der Waals surface area (Å²) < 4.78 is 53.7. The summed E-state index contributed by atoms with van der Waals surface area (Å²) in [6.07, 6.45) is -6.04. The quantitative estimate of drug-likeness (QED) is 0.488. The maximum Gasteiger partial charge on any atom is 0.166 e. The SMILES string of the molecule is CN1CC(F)NCC(F)NCC(F)N(C)CC1F. The van der Waals surface area contributed by atoms with Gasteiger partial charge in [0.05, 0.1) is 0 Å². The molecule has 0 saturated carbocycles. The van der Waals surface area contributed by atoms with Crippen LogP contribution in [-0.4, -0.2) is 75.3 Å². The lowest BCUT2D eigenvalue weighted by molar-refractivity contribution is 0.00537. The van der Waals surface area contributed by atoms with Crippen molar-refractivity contribution in [3.8, 4) is 0 Å². The lowest BCUT2D eigenvalue weighted by atomic mass is 10.3. The highest BCUT2D eigenvalue weighted by Gasteiger charge is 2.24. The van der Waals surface area contributed by atoms with Crippen molar-refractivity contribution in [2.75, 3.05) is 40.3 Å². The summed E-state index contributed by atoms with van der Waals surface area (Å²) in [5, 5.41) is 4.56. The van der Waals surface area contributed by atoms with E-state index in [1.54, 1.807) is 0 Å². The molecule has 0 radical (unpaired) electrons. The van der Waals surface area contributed by atoms with Crippen molar-refractivity contribution in [1.82, 2.24) is 20.4 Å². The third-order valence-corrected chi connectivity index (χ3v) is 2.87. The summed E-state index contributed by atoms with van der Waals surface area (Å²) in [5.41, 5.74) is 0. The van der Waals surface area contributed by atoms with Crippen molar-refractivity contribution in [3.63, 3.8) is 0 Å². The van der Waals surface area contributed by atoms with Gasteiger partial charge in [-0.1, -0.05) is 0 Å². The molecule has 18 heavy (non-hydrogen) atoms. The van der Waals surface area contributed by atoms with Gasteiger partial charge >= 0.3 is 0 Å². The minimum Gasteiger partial charge on any atom is -0.282 e. The molecule has 0 aromatic heterocycles. The Labute approximate surface area is 104 Å². The monoisotopic (exact) mass is 272 g/mol. The van der Waals surface area contributed by atoms with Crippen LogP contribution in [0.5, 0.6) is 0 Å². The molecule has 1 aliphatic heterocycles. The van der Waals surface area contributed by atoms with Crippen LogP contribution in [0.25, 0.3) is 0 Å². The molecule has 0 bridgehead atoms. The van der Waals surface area contributed by atoms with Gasteiger partial charge in [0, 0.05) is 26.2 Å². The molecule has 1 fully saturated rings. The molecular weight excluding hydrogens is 252 g/mol. The number of rotatable bonds is 0. The van der Waals surface area contributed by atoms with E-state index in [2.05, 4.69) is 10.6 Å². The van der Waals surface area contributed by atoms with Gasteiger partial charge in [-0.15, -0.1) is 0 Å². The van der Waals surface area contributed by atoms with Gasteiger partial charge in [-0.25, -0.2) is 17.6 Å². The van der Waals surface area contributed by atoms with Crippen molar-refractivity contribution in [3.05, 3.63) is 0 Å². The molecule has 8 heteroatoms. The summed E-state index contributed by atoms with van der Waals surface area (Å²) in [4.78, 5) is 2.26. The molecular formula is C10H20F4N4. The minimum atomic E-state index is -1.54. The second-order valence-electron chi connectivity index (χ2n) is 4.50. The van der Waals surface area contributed by atoms with Crippen LogP contribution in [0.1, 0.15) is 0 Å². The highest BCUT2D eigenvalue weighted by molar-refractivity contribution is 4.72. The third kappa shape index (κ3) is 5.05. The van der Waals surface area contributed by atoms with Gasteiger partial charge in [-0.05, 0) is 14.1 Å². The lowest BCUT2D eigenvalue weighted by Crippen LogP contribution is -2.51. The van der Waals surface area contributed by atoms with Gasteiger partial charge in [-0.3, -0.25) is 20.4 Å². The molecule has 4 nitrogen and oxygen atoms in total. The maximum atomic E-state index is 13.7. The van der Waals surface area contributed by atoms with E-state index in [1.165, 1.54) is 14.1 Å². The van der Waals surface area contributed by atoms with Gasteiger partial charge in [-0.2, -0.15) is 0 Å². The summed E-state index contributed by atoms with van der Waals surface area (Å²) in [7, 11) is 2.80. The Morgan fingerprint density at radius 1 is 0.778 bits per heavy atom. The fraction of sp³-hybridized carbons (Fsp3) is 1.00. The highest BCUT2D eigenvalue weighted by Crippen LogP contribution is 2.07. The van der Waals surface area contributed by atoms with Crippen LogP contribution in [0, 0.1) is 0 Å². The fourth-order valence-corrected chi connectivity index (χ4v) is 1.61. The van der Waals surface area contributed by atoms with E-state index in [9.17, 15) is 17.6 Å². The zero-order valence-electron chi connectivity index (χ0n) is 10.5. The molecule has 1 aliphatic rings. The zero-order chi connectivity index (χ0) is 13.7. The van der Waals surface area contributed by atoms with Crippen LogP contribution in [0.4, 0.5) is 17.6 Å². The van der Waals surface area contributed by atoms with Gasteiger partial charge < -0.3 is 0 Å². The Morgan fingerprint density at radius 3 is 2.00 bits per heavy atom. The van der Waals surface area contributed by atoms with E-state index in [-0.39, 0.29) is 26.2 Å². The van der Waals surface area contributed by atoms with Crippen molar-refractivity contribution in [2.24, 2.45) is 0 Å². The number of nitrogens with zero attached hydrogens (tertiary/aromatic N) is 2. The van der Waals surface area contributed by atoms with Crippen LogP contribution in [0.15, 0.2) is 0 Å². The molecule has 1 saturated heterocycles. The fourth-order valence-electron chi connectivity index (χ4n) is 1.61. The molecule has 0 spiro atoms. The molecule has 1 heterocycles. The number of nitrogens with one attached hydrogen (secondary N) is 2. The first-order valence-electron chi connectivity index (χ1n) is 5.83. The Balaban J connectivity index is 2.62. The normalized spacial score (nSPS) is 39.0. The van der Waals surface area contributed by atoms with Crippen LogP contribution >= 0.6 is 0 Å². The Kier molecular flexibility index (Phi) is 6.27. The van der Waals surface area contributed by atoms with Crippen molar-refractivity contribution < 1.29 is 17.6 Å². The topological polar surface area (TPSA) is 30.5 Å². The lowest BCUT2D eigenvalue weighted by Gasteiger charge is -2.30. The predicted octanol–water partition coefficient (Wildman–Crippen LogP) is 0.225. The van der Waals surface area contributed by atoms with E-state index in [0.29, 0.717) is 0 Å². The molecule has 2 N–H and O–H groups in total. The van der Waals surface area contributed by atoms with Crippen LogP contribution in [0.2, 0.25) is 0 Å². The number of hydrogen-bond acceptors (Lipinski definition) is 4. The molecule has 0 amide bonds. The molecule has 4 atom stereocenters. The van der Waals surface area contributed by atoms with Gasteiger partial charge in [0.15, 0.2) is 25.2 Å². The first-order valence-corrected chi connectivity index (χ1v) is 5.83. The minimum absolute atomic E-state index is 0.205. The van der Waals surface area contributed by atoms with Gasteiger partial charge in [0.25, 0.3) is 0 Å². The van der Waals surface area contributed by atoms with E-state index in [0.717, 1.165) is 9.80 Å². The van der Waals surface area contributed by atoms with E-state index in [4.69, 9.17) is 0 Å². The summed E-state index contributed by atoms with van der Waals surface area (Å²) >= 11 is 0. The summed E-state index contributed by atoms with van der Waals surface area (Å²) in [5.74, 6) is 0. The van der Waals surface area contributed by atoms with Crippen LogP contribution in [0.3, 0.4) is 0 Å². The Bertz CT molecular complexity index is 246. The average Bonchev–Trinajstić information content (AvgIpc) is 2.31. The second kappa shape index (κ2) is 7.22.